The first-order chi connectivity index (χ1) is 7.24. The van der Waals surface area contributed by atoms with E-state index in [2.05, 4.69) is 11.9 Å². The van der Waals surface area contributed by atoms with Crippen molar-refractivity contribution in [1.82, 2.24) is 4.98 Å². The first kappa shape index (κ1) is 12.0. The van der Waals surface area contributed by atoms with Crippen LogP contribution in [0.15, 0.2) is 23.2 Å². The zero-order chi connectivity index (χ0) is 11.1. The summed E-state index contributed by atoms with van der Waals surface area (Å²) in [6, 6.07) is 5.10. The highest BCUT2D eigenvalue weighted by atomic mass is 32.2. The van der Waals surface area contributed by atoms with Crippen LogP contribution in [-0.2, 0) is 0 Å². The van der Waals surface area contributed by atoms with E-state index in [4.69, 9.17) is 5.11 Å². The lowest BCUT2D eigenvalue weighted by molar-refractivity contribution is 0.0689. The summed E-state index contributed by atoms with van der Waals surface area (Å²) >= 11 is 1.62. The number of carbonyl (C=O) groups is 1. The van der Waals surface area contributed by atoms with Crippen molar-refractivity contribution in [2.24, 2.45) is 0 Å². The number of hydrogen-bond acceptors (Lipinski definition) is 3. The van der Waals surface area contributed by atoms with Gasteiger partial charge in [-0.3, -0.25) is 0 Å². The summed E-state index contributed by atoms with van der Waals surface area (Å²) in [4.78, 5) is 14.7. The van der Waals surface area contributed by atoms with Crippen molar-refractivity contribution in [2.45, 2.75) is 31.2 Å². The molecule has 0 spiro atoms. The lowest BCUT2D eigenvalue weighted by Crippen LogP contribution is -2.00. The van der Waals surface area contributed by atoms with Crippen LogP contribution in [0.25, 0.3) is 0 Å². The van der Waals surface area contributed by atoms with Crippen LogP contribution in [0.5, 0.6) is 0 Å². The number of pyridine rings is 1. The molecule has 0 aromatic carbocycles. The fourth-order valence-corrected chi connectivity index (χ4v) is 2.04. The van der Waals surface area contributed by atoms with Crippen LogP contribution in [0, 0.1) is 0 Å². The molecule has 15 heavy (non-hydrogen) atoms. The van der Waals surface area contributed by atoms with Crippen LogP contribution >= 0.6 is 11.8 Å². The molecule has 0 amide bonds. The molecule has 0 aliphatic carbocycles. The first-order valence-electron chi connectivity index (χ1n) is 5.07. The lowest BCUT2D eigenvalue weighted by Gasteiger charge is -2.01. The summed E-state index contributed by atoms with van der Waals surface area (Å²) in [7, 11) is 0. The third-order valence-electron chi connectivity index (χ3n) is 1.94. The van der Waals surface area contributed by atoms with Gasteiger partial charge in [-0.2, -0.15) is 0 Å². The fraction of sp³-hybridized carbons (Fsp3) is 0.455. The second kappa shape index (κ2) is 6.45. The highest BCUT2D eigenvalue weighted by molar-refractivity contribution is 7.99. The number of carboxylic acids is 1. The lowest BCUT2D eigenvalue weighted by atomic mass is 10.3. The third kappa shape index (κ3) is 4.34. The van der Waals surface area contributed by atoms with Crippen LogP contribution in [0.1, 0.15) is 36.7 Å². The monoisotopic (exact) mass is 225 g/mol. The standard InChI is InChI=1S/C11H15NO2S/c1-2-3-4-8-15-10-7-5-6-9(12-10)11(13)14/h5-7H,2-4,8H2,1H3,(H,13,14). The summed E-state index contributed by atoms with van der Waals surface area (Å²) in [5, 5.41) is 9.54. The number of hydrogen-bond donors (Lipinski definition) is 1. The molecule has 3 nitrogen and oxygen atoms in total. The van der Waals surface area contributed by atoms with E-state index in [1.165, 1.54) is 18.9 Å². The molecule has 1 aromatic heterocycles. The zero-order valence-corrected chi connectivity index (χ0v) is 9.59. The molecule has 1 rings (SSSR count). The minimum absolute atomic E-state index is 0.121. The van der Waals surface area contributed by atoms with E-state index < -0.39 is 5.97 Å². The van der Waals surface area contributed by atoms with E-state index in [1.54, 1.807) is 17.8 Å². The molecule has 4 heteroatoms. The minimum atomic E-state index is -0.967. The second-order valence-electron chi connectivity index (χ2n) is 3.22. The van der Waals surface area contributed by atoms with Crippen molar-refractivity contribution in [2.75, 3.05) is 5.75 Å². The number of carboxylic acid groups (broad SMARTS) is 1. The molecule has 1 aromatic rings. The maximum Gasteiger partial charge on any atom is 0.354 e. The van der Waals surface area contributed by atoms with Gasteiger partial charge in [-0.25, -0.2) is 9.78 Å². The van der Waals surface area contributed by atoms with Gasteiger partial charge in [0.2, 0.25) is 0 Å². The molecule has 1 heterocycles. The normalized spacial score (nSPS) is 10.2. The summed E-state index contributed by atoms with van der Waals surface area (Å²) in [5.41, 5.74) is 0.121. The summed E-state index contributed by atoms with van der Waals surface area (Å²) in [6.07, 6.45) is 3.56. The molecule has 0 atom stereocenters. The van der Waals surface area contributed by atoms with Gasteiger partial charge in [-0.05, 0) is 24.3 Å². The SMILES string of the molecule is CCCCCSc1cccc(C(=O)O)n1. The van der Waals surface area contributed by atoms with Crippen molar-refractivity contribution < 1.29 is 9.90 Å². The van der Waals surface area contributed by atoms with Gasteiger partial charge in [0, 0.05) is 0 Å². The van der Waals surface area contributed by atoms with Crippen LogP contribution < -0.4 is 0 Å². The maximum atomic E-state index is 10.7. The van der Waals surface area contributed by atoms with Crippen molar-refractivity contribution in [3.05, 3.63) is 23.9 Å². The Balaban J connectivity index is 2.47. The molecule has 0 unspecified atom stereocenters. The van der Waals surface area contributed by atoms with E-state index in [0.717, 1.165) is 17.2 Å². The number of unbranched alkanes of at least 4 members (excludes halogenated alkanes) is 2. The maximum absolute atomic E-state index is 10.7. The predicted octanol–water partition coefficient (Wildman–Crippen LogP) is 3.06. The van der Waals surface area contributed by atoms with Crippen molar-refractivity contribution in [3.63, 3.8) is 0 Å². The van der Waals surface area contributed by atoms with Gasteiger partial charge < -0.3 is 5.11 Å². The number of thioether (sulfide) groups is 1. The number of nitrogens with zero attached hydrogens (tertiary/aromatic N) is 1. The van der Waals surface area contributed by atoms with Gasteiger partial charge in [0.05, 0.1) is 5.03 Å². The van der Waals surface area contributed by atoms with Crippen molar-refractivity contribution in [1.29, 1.82) is 0 Å². The molecule has 0 saturated heterocycles. The highest BCUT2D eigenvalue weighted by Crippen LogP contribution is 2.17. The fourth-order valence-electron chi connectivity index (χ4n) is 1.14. The Morgan fingerprint density at radius 2 is 2.27 bits per heavy atom. The Labute approximate surface area is 93.9 Å². The Kier molecular flexibility index (Phi) is 5.18. The van der Waals surface area contributed by atoms with Gasteiger partial charge in [0.15, 0.2) is 0 Å². The molecule has 0 aliphatic rings. The highest BCUT2D eigenvalue weighted by Gasteiger charge is 2.04. The van der Waals surface area contributed by atoms with Crippen LogP contribution in [0.3, 0.4) is 0 Å². The summed E-state index contributed by atoms with van der Waals surface area (Å²) < 4.78 is 0. The number of aromatic nitrogens is 1. The van der Waals surface area contributed by atoms with E-state index in [0.29, 0.717) is 0 Å². The van der Waals surface area contributed by atoms with E-state index in [9.17, 15) is 4.79 Å². The Bertz CT molecular complexity index is 328. The zero-order valence-electron chi connectivity index (χ0n) is 8.77. The topological polar surface area (TPSA) is 50.2 Å². The largest absolute Gasteiger partial charge is 0.477 e. The van der Waals surface area contributed by atoms with Gasteiger partial charge in [0.1, 0.15) is 5.69 Å². The number of aromatic carboxylic acids is 1. The molecule has 0 bridgehead atoms. The molecule has 82 valence electrons. The first-order valence-corrected chi connectivity index (χ1v) is 6.05. The molecule has 0 radical (unpaired) electrons. The third-order valence-corrected chi connectivity index (χ3v) is 2.96. The average Bonchev–Trinajstić information content (AvgIpc) is 2.25. The second-order valence-corrected chi connectivity index (χ2v) is 4.34. The average molecular weight is 225 g/mol. The van der Waals surface area contributed by atoms with Gasteiger partial charge in [0.25, 0.3) is 0 Å². The van der Waals surface area contributed by atoms with Crippen LogP contribution in [0.2, 0.25) is 0 Å². The molecule has 0 saturated carbocycles. The van der Waals surface area contributed by atoms with Gasteiger partial charge >= 0.3 is 5.97 Å². The smallest absolute Gasteiger partial charge is 0.354 e. The van der Waals surface area contributed by atoms with Crippen LogP contribution in [0.4, 0.5) is 0 Å². The van der Waals surface area contributed by atoms with E-state index in [-0.39, 0.29) is 5.69 Å². The Hall–Kier alpha value is -1.03. The quantitative estimate of drug-likeness (QED) is 0.597. The van der Waals surface area contributed by atoms with Crippen LogP contribution in [-0.4, -0.2) is 21.8 Å². The van der Waals surface area contributed by atoms with Crippen molar-refractivity contribution >= 4 is 17.7 Å². The summed E-state index contributed by atoms with van der Waals surface area (Å²) in [5.74, 6) is 0.0372. The minimum Gasteiger partial charge on any atom is -0.477 e. The van der Waals surface area contributed by atoms with Crippen molar-refractivity contribution in [3.8, 4) is 0 Å². The molecule has 1 N–H and O–H groups in total. The summed E-state index contributed by atoms with van der Waals surface area (Å²) in [6.45, 7) is 2.16. The van der Waals surface area contributed by atoms with E-state index >= 15 is 0 Å². The van der Waals surface area contributed by atoms with Gasteiger partial charge in [-0.1, -0.05) is 25.8 Å². The molecular formula is C11H15NO2S. The Morgan fingerprint density at radius 1 is 1.47 bits per heavy atom. The van der Waals surface area contributed by atoms with E-state index in [1.807, 2.05) is 6.07 Å². The van der Waals surface area contributed by atoms with Gasteiger partial charge in [-0.15, -0.1) is 11.8 Å². The number of rotatable bonds is 6. The molecule has 0 fully saturated rings. The Morgan fingerprint density at radius 3 is 2.93 bits per heavy atom. The predicted molar refractivity (Wildman–Crippen MR) is 61.4 cm³/mol. The molecule has 0 aliphatic heterocycles. The molecular weight excluding hydrogens is 210 g/mol.